The molecule has 104 valence electrons. The summed E-state index contributed by atoms with van der Waals surface area (Å²) in [6, 6.07) is 0. The van der Waals surface area contributed by atoms with Gasteiger partial charge in [0.2, 0.25) is 0 Å². The Bertz CT molecular complexity index is 327. The van der Waals surface area contributed by atoms with Gasteiger partial charge in [-0.05, 0) is 46.5 Å². The first-order valence-electron chi connectivity index (χ1n) is 6.07. The Balaban J connectivity index is 2.50. The molecule has 0 aromatic heterocycles. The van der Waals surface area contributed by atoms with E-state index in [1.54, 1.807) is 20.8 Å². The van der Waals surface area contributed by atoms with Crippen LogP contribution in [-0.4, -0.2) is 17.7 Å². The molecule has 0 N–H and O–H groups in total. The van der Waals surface area contributed by atoms with E-state index in [0.717, 1.165) is 5.57 Å². The number of carbonyl (C=O) groups is 1. The first kappa shape index (κ1) is 15.1. The van der Waals surface area contributed by atoms with Crippen molar-refractivity contribution < 1.29 is 22.7 Å². The van der Waals surface area contributed by atoms with Gasteiger partial charge in [0.05, 0.1) is 5.92 Å². The molecule has 0 aromatic carbocycles. The van der Waals surface area contributed by atoms with Crippen LogP contribution >= 0.6 is 0 Å². The summed E-state index contributed by atoms with van der Waals surface area (Å²) in [6.45, 7) is 5.26. The summed E-state index contributed by atoms with van der Waals surface area (Å²) in [5, 5.41) is 0. The standard InChI is InChI=1S/C13H19F3O2/c1-12(2,3)18-11(17)8-9-4-6-10(7-5-9)13(14,15)16/h8,10H,4-7H2,1-3H3. The van der Waals surface area contributed by atoms with Crippen molar-refractivity contribution in [1.82, 2.24) is 0 Å². The lowest BCUT2D eigenvalue weighted by Crippen LogP contribution is -2.26. The lowest BCUT2D eigenvalue weighted by atomic mass is 9.85. The van der Waals surface area contributed by atoms with Gasteiger partial charge in [-0.2, -0.15) is 13.2 Å². The van der Waals surface area contributed by atoms with E-state index in [0.29, 0.717) is 12.8 Å². The third-order valence-electron chi connectivity index (χ3n) is 2.82. The summed E-state index contributed by atoms with van der Waals surface area (Å²) in [7, 11) is 0. The van der Waals surface area contributed by atoms with Crippen molar-refractivity contribution >= 4 is 5.97 Å². The van der Waals surface area contributed by atoms with E-state index < -0.39 is 23.7 Å². The van der Waals surface area contributed by atoms with Crippen LogP contribution in [0, 0.1) is 5.92 Å². The van der Waals surface area contributed by atoms with Crippen LogP contribution in [0.3, 0.4) is 0 Å². The molecule has 0 saturated heterocycles. The molecule has 1 fully saturated rings. The average molecular weight is 264 g/mol. The van der Waals surface area contributed by atoms with Crippen molar-refractivity contribution in [3.63, 3.8) is 0 Å². The Kier molecular flexibility index (Phi) is 4.46. The number of hydrogen-bond donors (Lipinski definition) is 0. The highest BCUT2D eigenvalue weighted by Gasteiger charge is 2.40. The Morgan fingerprint density at radius 1 is 1.22 bits per heavy atom. The van der Waals surface area contributed by atoms with Crippen LogP contribution in [0.15, 0.2) is 11.6 Å². The quantitative estimate of drug-likeness (QED) is 0.528. The number of hydrogen-bond acceptors (Lipinski definition) is 2. The van der Waals surface area contributed by atoms with Crippen LogP contribution in [0.1, 0.15) is 46.5 Å². The molecule has 0 atom stereocenters. The van der Waals surface area contributed by atoms with Gasteiger partial charge in [0.1, 0.15) is 5.60 Å². The van der Waals surface area contributed by atoms with E-state index in [9.17, 15) is 18.0 Å². The Hall–Kier alpha value is -1.00. The second-order valence-electron chi connectivity index (χ2n) is 5.65. The van der Waals surface area contributed by atoms with E-state index >= 15 is 0 Å². The van der Waals surface area contributed by atoms with Crippen LogP contribution in [-0.2, 0) is 9.53 Å². The third-order valence-corrected chi connectivity index (χ3v) is 2.82. The fraction of sp³-hybridized carbons (Fsp3) is 0.769. The van der Waals surface area contributed by atoms with E-state index in [-0.39, 0.29) is 12.8 Å². The van der Waals surface area contributed by atoms with Crippen LogP contribution in [0.2, 0.25) is 0 Å². The maximum absolute atomic E-state index is 12.4. The number of halogens is 3. The topological polar surface area (TPSA) is 26.3 Å². The number of esters is 1. The van der Waals surface area contributed by atoms with Crippen molar-refractivity contribution in [2.24, 2.45) is 5.92 Å². The third kappa shape index (κ3) is 5.10. The van der Waals surface area contributed by atoms with E-state index in [4.69, 9.17) is 4.74 Å². The van der Waals surface area contributed by atoms with Gasteiger partial charge in [-0.1, -0.05) is 5.57 Å². The molecule has 2 nitrogen and oxygen atoms in total. The number of alkyl halides is 3. The minimum Gasteiger partial charge on any atom is -0.457 e. The maximum atomic E-state index is 12.4. The van der Waals surface area contributed by atoms with Crippen molar-refractivity contribution in [3.8, 4) is 0 Å². The van der Waals surface area contributed by atoms with Crippen LogP contribution in [0.25, 0.3) is 0 Å². The molecular weight excluding hydrogens is 245 g/mol. The Morgan fingerprint density at radius 3 is 2.11 bits per heavy atom. The number of allylic oxidation sites excluding steroid dienone is 1. The molecule has 0 aliphatic heterocycles. The number of rotatable bonds is 1. The molecule has 1 saturated carbocycles. The van der Waals surface area contributed by atoms with E-state index in [1.165, 1.54) is 6.08 Å². The Morgan fingerprint density at radius 2 is 1.72 bits per heavy atom. The fourth-order valence-corrected chi connectivity index (χ4v) is 1.96. The molecule has 1 rings (SSSR count). The van der Waals surface area contributed by atoms with Gasteiger partial charge in [0.25, 0.3) is 0 Å². The average Bonchev–Trinajstić information content (AvgIpc) is 2.13. The monoisotopic (exact) mass is 264 g/mol. The molecule has 1 aliphatic carbocycles. The predicted molar refractivity (Wildman–Crippen MR) is 61.9 cm³/mol. The number of carbonyl (C=O) groups excluding carboxylic acids is 1. The van der Waals surface area contributed by atoms with Gasteiger partial charge >= 0.3 is 12.1 Å². The van der Waals surface area contributed by atoms with Gasteiger partial charge in [-0.25, -0.2) is 4.79 Å². The second-order valence-corrected chi connectivity index (χ2v) is 5.65. The highest BCUT2D eigenvalue weighted by molar-refractivity contribution is 5.83. The number of ether oxygens (including phenoxy) is 1. The van der Waals surface area contributed by atoms with Gasteiger partial charge in [-0.15, -0.1) is 0 Å². The normalized spacial score (nSPS) is 21.7. The summed E-state index contributed by atoms with van der Waals surface area (Å²) in [4.78, 5) is 11.5. The molecule has 0 amide bonds. The maximum Gasteiger partial charge on any atom is 0.391 e. The summed E-state index contributed by atoms with van der Waals surface area (Å²) < 4.78 is 42.4. The molecule has 0 radical (unpaired) electrons. The molecule has 18 heavy (non-hydrogen) atoms. The molecule has 0 spiro atoms. The molecule has 5 heteroatoms. The molecule has 1 aliphatic rings. The summed E-state index contributed by atoms with van der Waals surface area (Å²) in [5.74, 6) is -1.70. The summed E-state index contributed by atoms with van der Waals surface area (Å²) in [5.41, 5.74) is 0.182. The first-order valence-corrected chi connectivity index (χ1v) is 6.07. The van der Waals surface area contributed by atoms with Gasteiger partial charge < -0.3 is 4.74 Å². The predicted octanol–water partition coefficient (Wildman–Crippen LogP) is 4.01. The molecule has 0 bridgehead atoms. The minimum absolute atomic E-state index is 0.0676. The van der Waals surface area contributed by atoms with Gasteiger partial charge in [0, 0.05) is 6.08 Å². The molecule has 0 unspecified atom stereocenters. The first-order chi connectivity index (χ1) is 8.08. The van der Waals surface area contributed by atoms with Crippen molar-refractivity contribution in [2.45, 2.75) is 58.2 Å². The van der Waals surface area contributed by atoms with Gasteiger partial charge in [-0.3, -0.25) is 0 Å². The summed E-state index contributed by atoms with van der Waals surface area (Å²) >= 11 is 0. The zero-order valence-electron chi connectivity index (χ0n) is 10.9. The Labute approximate surface area is 105 Å². The molecular formula is C13H19F3O2. The molecule has 0 heterocycles. The van der Waals surface area contributed by atoms with E-state index in [2.05, 4.69) is 0 Å². The lowest BCUT2D eigenvalue weighted by molar-refractivity contribution is -0.179. The van der Waals surface area contributed by atoms with Crippen molar-refractivity contribution in [2.75, 3.05) is 0 Å². The van der Waals surface area contributed by atoms with Gasteiger partial charge in [0.15, 0.2) is 0 Å². The minimum atomic E-state index is -4.11. The highest BCUT2D eigenvalue weighted by Crippen LogP contribution is 2.39. The van der Waals surface area contributed by atoms with Crippen LogP contribution in [0.5, 0.6) is 0 Å². The fourth-order valence-electron chi connectivity index (χ4n) is 1.96. The zero-order chi connectivity index (χ0) is 14.0. The molecule has 0 aromatic rings. The van der Waals surface area contributed by atoms with Crippen LogP contribution < -0.4 is 0 Å². The lowest BCUT2D eigenvalue weighted by Gasteiger charge is -2.26. The summed E-state index contributed by atoms with van der Waals surface area (Å²) in [6.07, 6.45) is -1.99. The largest absolute Gasteiger partial charge is 0.457 e. The smallest absolute Gasteiger partial charge is 0.391 e. The van der Waals surface area contributed by atoms with Crippen molar-refractivity contribution in [3.05, 3.63) is 11.6 Å². The highest BCUT2D eigenvalue weighted by atomic mass is 19.4. The zero-order valence-corrected chi connectivity index (χ0v) is 10.9. The van der Waals surface area contributed by atoms with Crippen molar-refractivity contribution in [1.29, 1.82) is 0 Å². The van der Waals surface area contributed by atoms with E-state index in [1.807, 2.05) is 0 Å². The van der Waals surface area contributed by atoms with Crippen LogP contribution in [0.4, 0.5) is 13.2 Å². The SMILES string of the molecule is CC(C)(C)OC(=O)C=C1CCC(C(F)(F)F)CC1. The second kappa shape index (κ2) is 5.33.